The fraction of sp³-hybridized carbons (Fsp3) is 1.00. The van der Waals surface area contributed by atoms with Crippen LogP contribution < -0.4 is 5.32 Å². The average Bonchev–Trinajstić information content (AvgIpc) is 2.72. The lowest BCUT2D eigenvalue weighted by molar-refractivity contribution is -0.172. The monoisotopic (exact) mass is 255 g/mol. The van der Waals surface area contributed by atoms with Crippen LogP contribution >= 0.6 is 11.8 Å². The second-order valence-electron chi connectivity index (χ2n) is 5.86. The summed E-state index contributed by atoms with van der Waals surface area (Å²) in [6.07, 6.45) is 8.88. The smallest absolute Gasteiger partial charge is 0.0661 e. The van der Waals surface area contributed by atoms with Gasteiger partial charge >= 0.3 is 0 Å². The van der Waals surface area contributed by atoms with Gasteiger partial charge in [-0.1, -0.05) is 6.42 Å². The SMILES string of the molecule is CCOC1CC(NCC2CCCS2)C12CCC2. The molecule has 2 aliphatic carbocycles. The third-order valence-corrected chi connectivity index (χ3v) is 6.45. The number of thioether (sulfide) groups is 1. The standard InChI is InChI=1S/C14H25NOS/c1-2-16-13-9-12(14(13)6-4-7-14)15-10-11-5-3-8-17-11/h11-13,15H,2-10H2,1H3. The molecule has 0 aromatic rings. The molecule has 3 fully saturated rings. The van der Waals surface area contributed by atoms with E-state index in [0.29, 0.717) is 11.5 Å². The molecule has 0 aromatic carbocycles. The van der Waals surface area contributed by atoms with Crippen molar-refractivity contribution in [3.05, 3.63) is 0 Å². The Bertz CT molecular complexity index is 261. The third kappa shape index (κ3) is 2.15. The number of hydrogen-bond acceptors (Lipinski definition) is 3. The topological polar surface area (TPSA) is 21.3 Å². The Morgan fingerprint density at radius 3 is 2.82 bits per heavy atom. The highest BCUT2D eigenvalue weighted by molar-refractivity contribution is 8.00. The van der Waals surface area contributed by atoms with Crippen molar-refractivity contribution in [2.45, 2.75) is 62.8 Å². The molecule has 1 saturated heterocycles. The zero-order valence-electron chi connectivity index (χ0n) is 10.9. The van der Waals surface area contributed by atoms with Crippen molar-refractivity contribution >= 4 is 11.8 Å². The van der Waals surface area contributed by atoms with E-state index < -0.39 is 0 Å². The molecular weight excluding hydrogens is 230 g/mol. The Labute approximate surface area is 109 Å². The minimum atomic E-state index is 0.541. The minimum Gasteiger partial charge on any atom is -0.378 e. The largest absolute Gasteiger partial charge is 0.378 e. The van der Waals surface area contributed by atoms with Gasteiger partial charge in [0.2, 0.25) is 0 Å². The number of rotatable bonds is 5. The van der Waals surface area contributed by atoms with Crippen molar-refractivity contribution in [2.24, 2.45) is 5.41 Å². The van der Waals surface area contributed by atoms with Crippen molar-refractivity contribution in [1.82, 2.24) is 5.32 Å². The second-order valence-corrected chi connectivity index (χ2v) is 7.27. The molecule has 17 heavy (non-hydrogen) atoms. The van der Waals surface area contributed by atoms with Gasteiger partial charge in [-0.2, -0.15) is 11.8 Å². The van der Waals surface area contributed by atoms with Crippen molar-refractivity contribution in [2.75, 3.05) is 18.9 Å². The summed E-state index contributed by atoms with van der Waals surface area (Å²) in [7, 11) is 0. The van der Waals surface area contributed by atoms with E-state index in [0.717, 1.165) is 17.9 Å². The molecule has 3 atom stereocenters. The van der Waals surface area contributed by atoms with Gasteiger partial charge in [0.15, 0.2) is 0 Å². The lowest BCUT2D eigenvalue weighted by Crippen LogP contribution is -2.67. The van der Waals surface area contributed by atoms with Gasteiger partial charge < -0.3 is 10.1 Å². The summed E-state index contributed by atoms with van der Waals surface area (Å²) >= 11 is 2.16. The maximum Gasteiger partial charge on any atom is 0.0661 e. The molecule has 0 bridgehead atoms. The minimum absolute atomic E-state index is 0.541. The molecule has 98 valence electrons. The van der Waals surface area contributed by atoms with E-state index in [1.807, 2.05) is 0 Å². The molecule has 1 heterocycles. The van der Waals surface area contributed by atoms with E-state index in [1.54, 1.807) is 0 Å². The summed E-state index contributed by atoms with van der Waals surface area (Å²) in [5.74, 6) is 1.38. The molecule has 3 rings (SSSR count). The van der Waals surface area contributed by atoms with Crippen LogP contribution in [-0.4, -0.2) is 36.3 Å². The summed E-state index contributed by atoms with van der Waals surface area (Å²) in [6, 6.07) is 0.758. The number of ether oxygens (including phenoxy) is 1. The van der Waals surface area contributed by atoms with Crippen molar-refractivity contribution in [3.8, 4) is 0 Å². The first kappa shape index (κ1) is 12.3. The van der Waals surface area contributed by atoms with Gasteiger partial charge in [-0.25, -0.2) is 0 Å². The zero-order chi connectivity index (χ0) is 11.7. The Balaban J connectivity index is 1.48. The molecule has 1 spiro atoms. The first-order valence-corrected chi connectivity index (χ1v) is 8.36. The van der Waals surface area contributed by atoms with Gasteiger partial charge in [0.05, 0.1) is 6.10 Å². The lowest BCUT2D eigenvalue weighted by atomic mass is 9.51. The predicted molar refractivity (Wildman–Crippen MR) is 73.6 cm³/mol. The Hall–Kier alpha value is 0.270. The van der Waals surface area contributed by atoms with Gasteiger partial charge in [-0.05, 0) is 44.8 Å². The molecule has 0 aromatic heterocycles. The first-order valence-electron chi connectivity index (χ1n) is 7.32. The van der Waals surface area contributed by atoms with Gasteiger partial charge in [-0.15, -0.1) is 0 Å². The summed E-state index contributed by atoms with van der Waals surface area (Å²) in [6.45, 7) is 4.25. The van der Waals surface area contributed by atoms with Gasteiger partial charge in [0.1, 0.15) is 0 Å². The third-order valence-electron chi connectivity index (χ3n) is 5.05. The van der Waals surface area contributed by atoms with Crippen molar-refractivity contribution in [1.29, 1.82) is 0 Å². The molecule has 3 aliphatic rings. The second kappa shape index (κ2) is 5.10. The van der Waals surface area contributed by atoms with Crippen LogP contribution in [0.25, 0.3) is 0 Å². The van der Waals surface area contributed by atoms with Crippen LogP contribution in [0, 0.1) is 5.41 Å². The lowest BCUT2D eigenvalue weighted by Gasteiger charge is -2.61. The van der Waals surface area contributed by atoms with Crippen LogP contribution in [0.4, 0.5) is 0 Å². The van der Waals surface area contributed by atoms with Crippen LogP contribution in [0.15, 0.2) is 0 Å². The normalized spacial score (nSPS) is 39.0. The Morgan fingerprint density at radius 2 is 2.24 bits per heavy atom. The van der Waals surface area contributed by atoms with Crippen LogP contribution in [-0.2, 0) is 4.74 Å². The maximum atomic E-state index is 5.89. The summed E-state index contributed by atoms with van der Waals surface area (Å²) in [4.78, 5) is 0. The highest BCUT2D eigenvalue weighted by atomic mass is 32.2. The van der Waals surface area contributed by atoms with Crippen molar-refractivity contribution in [3.63, 3.8) is 0 Å². The van der Waals surface area contributed by atoms with E-state index in [9.17, 15) is 0 Å². The van der Waals surface area contributed by atoms with Gasteiger partial charge in [-0.3, -0.25) is 0 Å². The van der Waals surface area contributed by atoms with Crippen LogP contribution in [0.5, 0.6) is 0 Å². The fourth-order valence-corrected chi connectivity index (χ4v) is 5.02. The number of hydrogen-bond donors (Lipinski definition) is 1. The highest BCUT2D eigenvalue weighted by Gasteiger charge is 2.58. The maximum absolute atomic E-state index is 5.89. The number of nitrogens with one attached hydrogen (secondary N) is 1. The van der Waals surface area contributed by atoms with Gasteiger partial charge in [0.25, 0.3) is 0 Å². The van der Waals surface area contributed by atoms with Crippen molar-refractivity contribution < 1.29 is 4.74 Å². The summed E-state index contributed by atoms with van der Waals surface area (Å²) in [5, 5.41) is 4.73. The first-order chi connectivity index (χ1) is 8.35. The Kier molecular flexibility index (Phi) is 3.69. The highest BCUT2D eigenvalue weighted by Crippen LogP contribution is 2.57. The molecule has 3 heteroatoms. The van der Waals surface area contributed by atoms with Gasteiger partial charge in [0, 0.05) is 29.9 Å². The molecule has 0 radical (unpaired) electrons. The Morgan fingerprint density at radius 1 is 1.35 bits per heavy atom. The van der Waals surface area contributed by atoms with E-state index in [2.05, 4.69) is 24.0 Å². The van der Waals surface area contributed by atoms with E-state index in [4.69, 9.17) is 4.74 Å². The van der Waals surface area contributed by atoms with Crippen LogP contribution in [0.1, 0.15) is 45.4 Å². The molecule has 2 nitrogen and oxygen atoms in total. The van der Waals surface area contributed by atoms with E-state index in [-0.39, 0.29) is 0 Å². The van der Waals surface area contributed by atoms with Crippen LogP contribution in [0.3, 0.4) is 0 Å². The van der Waals surface area contributed by atoms with E-state index in [1.165, 1.54) is 50.8 Å². The fourth-order valence-electron chi connectivity index (χ4n) is 3.80. The molecule has 1 N–H and O–H groups in total. The quantitative estimate of drug-likeness (QED) is 0.816. The van der Waals surface area contributed by atoms with Crippen LogP contribution in [0.2, 0.25) is 0 Å². The van der Waals surface area contributed by atoms with E-state index >= 15 is 0 Å². The molecule has 3 unspecified atom stereocenters. The molecular formula is C14H25NOS. The molecule has 1 aliphatic heterocycles. The zero-order valence-corrected chi connectivity index (χ0v) is 11.7. The summed E-state index contributed by atoms with van der Waals surface area (Å²) < 4.78 is 5.89. The molecule has 0 amide bonds. The predicted octanol–water partition coefficient (Wildman–Crippen LogP) is 2.82. The molecule has 2 saturated carbocycles. The average molecular weight is 255 g/mol. The summed E-state index contributed by atoms with van der Waals surface area (Å²) in [5.41, 5.74) is 0.541.